The molecule has 0 aliphatic carbocycles. The SMILES string of the molecule is CCCCCCCCCCCCCCCC(=O)NCCCCC(NC(=O)c1cc2ccc(N(CC)CC)cc2oc1=O)C(=O)NNC(=O)OC(C)(C)C. The lowest BCUT2D eigenvalue weighted by Crippen LogP contribution is -2.53. The molecular weight excluding hydrogens is 674 g/mol. The summed E-state index contributed by atoms with van der Waals surface area (Å²) >= 11 is 0. The second-order valence-electron chi connectivity index (χ2n) is 14.8. The normalized spacial score (nSPS) is 11.9. The Hall–Kier alpha value is -4.09. The van der Waals surface area contributed by atoms with Gasteiger partial charge in [0, 0.05) is 43.2 Å². The van der Waals surface area contributed by atoms with Crippen LogP contribution in [0.4, 0.5) is 10.5 Å². The molecule has 1 unspecified atom stereocenters. The fourth-order valence-corrected chi connectivity index (χ4v) is 6.14. The molecule has 0 radical (unpaired) electrons. The Labute approximate surface area is 316 Å². The zero-order chi connectivity index (χ0) is 39.1. The maximum absolute atomic E-state index is 13.3. The minimum absolute atomic E-state index is 0.00414. The predicted molar refractivity (Wildman–Crippen MR) is 212 cm³/mol. The predicted octanol–water partition coefficient (Wildman–Crippen LogP) is 8.06. The molecule has 0 fully saturated rings. The van der Waals surface area contributed by atoms with Gasteiger partial charge in [-0.25, -0.2) is 15.0 Å². The molecule has 0 bridgehead atoms. The molecule has 53 heavy (non-hydrogen) atoms. The van der Waals surface area contributed by atoms with Crippen LogP contribution in [0.25, 0.3) is 11.0 Å². The van der Waals surface area contributed by atoms with Crippen molar-refractivity contribution in [1.82, 2.24) is 21.5 Å². The van der Waals surface area contributed by atoms with Crippen LogP contribution in [-0.4, -0.2) is 55.1 Å². The molecule has 4 N–H and O–H groups in total. The van der Waals surface area contributed by atoms with Gasteiger partial charge >= 0.3 is 11.7 Å². The number of hydrazine groups is 1. The second kappa shape index (κ2) is 25.0. The highest BCUT2D eigenvalue weighted by Gasteiger charge is 2.25. The first-order valence-electron chi connectivity index (χ1n) is 20.1. The van der Waals surface area contributed by atoms with E-state index in [0.717, 1.165) is 38.0 Å². The maximum atomic E-state index is 13.3. The summed E-state index contributed by atoms with van der Waals surface area (Å²) in [4.78, 5) is 66.0. The third-order valence-corrected chi connectivity index (χ3v) is 9.15. The van der Waals surface area contributed by atoms with Crippen LogP contribution in [0.2, 0.25) is 0 Å². The molecule has 0 aliphatic heterocycles. The second-order valence-corrected chi connectivity index (χ2v) is 14.8. The number of rotatable bonds is 25. The van der Waals surface area contributed by atoms with Gasteiger partial charge in [0.25, 0.3) is 11.8 Å². The summed E-state index contributed by atoms with van der Waals surface area (Å²) in [6.45, 7) is 13.4. The molecule has 1 atom stereocenters. The number of hydrogen-bond acceptors (Lipinski definition) is 8. The number of carbonyl (C=O) groups excluding carboxylic acids is 4. The van der Waals surface area contributed by atoms with E-state index >= 15 is 0 Å². The van der Waals surface area contributed by atoms with E-state index in [0.29, 0.717) is 36.8 Å². The summed E-state index contributed by atoms with van der Waals surface area (Å²) in [7, 11) is 0. The van der Waals surface area contributed by atoms with Gasteiger partial charge in [-0.15, -0.1) is 0 Å². The molecule has 0 saturated carbocycles. The van der Waals surface area contributed by atoms with E-state index in [4.69, 9.17) is 9.15 Å². The Balaban J connectivity index is 1.84. The van der Waals surface area contributed by atoms with E-state index < -0.39 is 35.2 Å². The van der Waals surface area contributed by atoms with Crippen molar-refractivity contribution in [2.75, 3.05) is 24.5 Å². The molecule has 0 aliphatic rings. The molecule has 298 valence electrons. The number of hydrogen-bond donors (Lipinski definition) is 4. The molecule has 0 saturated heterocycles. The number of carbonyl (C=O) groups is 4. The molecule has 2 aromatic rings. The highest BCUT2D eigenvalue weighted by atomic mass is 16.6. The number of amides is 4. The average Bonchev–Trinajstić information content (AvgIpc) is 3.11. The van der Waals surface area contributed by atoms with Gasteiger partial charge in [0.2, 0.25) is 5.91 Å². The fourth-order valence-electron chi connectivity index (χ4n) is 6.14. The fraction of sp³-hybridized carbons (Fsp3) is 0.683. The highest BCUT2D eigenvalue weighted by molar-refractivity contribution is 5.99. The van der Waals surface area contributed by atoms with Crippen molar-refractivity contribution < 1.29 is 28.3 Å². The Kier molecular flexibility index (Phi) is 21.3. The topological polar surface area (TPSA) is 159 Å². The average molecular weight is 742 g/mol. The Morgan fingerprint density at radius 1 is 0.774 bits per heavy atom. The first-order chi connectivity index (χ1) is 25.4. The van der Waals surface area contributed by atoms with Gasteiger partial charge in [0.05, 0.1) is 0 Å². The third-order valence-electron chi connectivity index (χ3n) is 9.15. The van der Waals surface area contributed by atoms with E-state index in [1.165, 1.54) is 70.3 Å². The van der Waals surface area contributed by atoms with Gasteiger partial charge in [0.15, 0.2) is 0 Å². The molecule has 0 spiro atoms. The van der Waals surface area contributed by atoms with Crippen LogP contribution in [-0.2, 0) is 14.3 Å². The summed E-state index contributed by atoms with van der Waals surface area (Å²) in [5, 5.41) is 6.13. The zero-order valence-corrected chi connectivity index (χ0v) is 33.3. The number of benzene rings is 1. The summed E-state index contributed by atoms with van der Waals surface area (Å²) < 4.78 is 10.7. The van der Waals surface area contributed by atoms with Crippen molar-refractivity contribution in [3.05, 3.63) is 40.2 Å². The molecule has 1 aromatic carbocycles. The summed E-state index contributed by atoms with van der Waals surface area (Å²) in [6.07, 6.45) is 17.1. The molecule has 1 aromatic heterocycles. The molecule has 12 heteroatoms. The summed E-state index contributed by atoms with van der Waals surface area (Å²) in [5.41, 5.74) is 3.89. The lowest BCUT2D eigenvalue weighted by molar-refractivity contribution is -0.124. The largest absolute Gasteiger partial charge is 0.443 e. The molecular formula is C41H67N5O7. The van der Waals surface area contributed by atoms with Crippen LogP contribution >= 0.6 is 0 Å². The van der Waals surface area contributed by atoms with Crippen molar-refractivity contribution >= 4 is 40.5 Å². The minimum atomic E-state index is -1.10. The van der Waals surface area contributed by atoms with Crippen LogP contribution in [0, 0.1) is 0 Å². The maximum Gasteiger partial charge on any atom is 0.426 e. The number of fused-ring (bicyclic) bond motifs is 1. The van der Waals surface area contributed by atoms with Gasteiger partial charge in [-0.1, -0.05) is 84.0 Å². The third kappa shape index (κ3) is 18.5. The van der Waals surface area contributed by atoms with Gasteiger partial charge < -0.3 is 24.7 Å². The first-order valence-corrected chi connectivity index (χ1v) is 20.1. The van der Waals surface area contributed by atoms with Crippen molar-refractivity contribution in [3.63, 3.8) is 0 Å². The number of unbranched alkanes of at least 4 members (excludes halogenated alkanes) is 13. The smallest absolute Gasteiger partial charge is 0.426 e. The van der Waals surface area contributed by atoms with Gasteiger partial charge in [-0.3, -0.25) is 19.8 Å². The minimum Gasteiger partial charge on any atom is -0.443 e. The lowest BCUT2D eigenvalue weighted by atomic mass is 10.0. The van der Waals surface area contributed by atoms with Gasteiger partial charge in [-0.05, 0) is 78.5 Å². The number of nitrogens with zero attached hydrogens (tertiary/aromatic N) is 1. The highest BCUT2D eigenvalue weighted by Crippen LogP contribution is 2.22. The van der Waals surface area contributed by atoms with Crippen LogP contribution < -0.4 is 32.0 Å². The number of ether oxygens (including phenoxy) is 1. The van der Waals surface area contributed by atoms with Crippen LogP contribution in [0.5, 0.6) is 0 Å². The van der Waals surface area contributed by atoms with Crippen LogP contribution in [0.1, 0.15) is 161 Å². The van der Waals surface area contributed by atoms with Crippen molar-refractivity contribution in [3.8, 4) is 0 Å². The van der Waals surface area contributed by atoms with E-state index in [1.54, 1.807) is 32.9 Å². The molecule has 1 heterocycles. The van der Waals surface area contributed by atoms with Crippen molar-refractivity contribution in [2.24, 2.45) is 0 Å². The molecule has 4 amide bonds. The number of anilines is 1. The zero-order valence-electron chi connectivity index (χ0n) is 33.3. The van der Waals surface area contributed by atoms with Crippen molar-refractivity contribution in [2.45, 2.75) is 162 Å². The van der Waals surface area contributed by atoms with E-state index in [1.807, 2.05) is 19.9 Å². The Morgan fingerprint density at radius 2 is 1.38 bits per heavy atom. The summed E-state index contributed by atoms with van der Waals surface area (Å²) in [6, 6.07) is 5.79. The standard InChI is InChI=1S/C41H67N5O7/c1-7-10-11-12-13-14-15-16-17-18-19-20-21-25-36(47)42-28-23-22-24-34(38(49)44-45-40(51)53-41(4,5)6)43-37(48)33-29-31-26-27-32(46(8-2)9-3)30-35(31)52-39(33)50/h26-27,29-30,34H,7-25,28H2,1-6H3,(H,42,47)(H,43,48)(H,44,49)(H,45,51). The quantitative estimate of drug-likeness (QED) is 0.0452. The summed E-state index contributed by atoms with van der Waals surface area (Å²) in [5.74, 6) is -1.47. The van der Waals surface area contributed by atoms with E-state index in [9.17, 15) is 24.0 Å². The van der Waals surface area contributed by atoms with Crippen LogP contribution in [0.15, 0.2) is 33.5 Å². The molecule has 2 rings (SSSR count). The molecule has 12 nitrogen and oxygen atoms in total. The van der Waals surface area contributed by atoms with Crippen molar-refractivity contribution in [1.29, 1.82) is 0 Å². The monoisotopic (exact) mass is 742 g/mol. The first kappa shape index (κ1) is 45.1. The van der Waals surface area contributed by atoms with E-state index in [-0.39, 0.29) is 17.9 Å². The van der Waals surface area contributed by atoms with Gasteiger partial charge in [0.1, 0.15) is 22.8 Å². The Bertz CT molecular complexity index is 1460. The Morgan fingerprint density at radius 3 is 1.96 bits per heavy atom. The number of nitrogens with one attached hydrogen (secondary N) is 4. The van der Waals surface area contributed by atoms with Gasteiger partial charge in [-0.2, -0.15) is 0 Å². The van der Waals surface area contributed by atoms with Crippen LogP contribution in [0.3, 0.4) is 0 Å². The van der Waals surface area contributed by atoms with E-state index in [2.05, 4.69) is 33.3 Å². The lowest BCUT2D eigenvalue weighted by Gasteiger charge is -2.22.